The van der Waals surface area contributed by atoms with Crippen molar-refractivity contribution in [2.24, 2.45) is 14.1 Å². The van der Waals surface area contributed by atoms with Gasteiger partial charge in [-0.15, -0.1) is 0 Å². The number of aliphatic hydroxyl groups excluding tert-OH is 2. The summed E-state index contributed by atoms with van der Waals surface area (Å²) in [4.78, 5) is 61.0. The van der Waals surface area contributed by atoms with E-state index in [1.807, 2.05) is 91.9 Å². The topological polar surface area (TPSA) is 243 Å². The Hall–Kier alpha value is -7.77. The summed E-state index contributed by atoms with van der Waals surface area (Å²) in [7, 11) is 3.28. The summed E-state index contributed by atoms with van der Waals surface area (Å²) in [6, 6.07) is 31.9. The molecule has 0 spiro atoms. The van der Waals surface area contributed by atoms with Crippen LogP contribution < -0.4 is 20.1 Å². The second kappa shape index (κ2) is 29.2. The highest BCUT2D eigenvalue weighted by atomic mass is 35.5. The molecule has 2 amide bonds. The van der Waals surface area contributed by atoms with Gasteiger partial charge in [0.1, 0.15) is 13.2 Å². The van der Waals surface area contributed by atoms with Crippen molar-refractivity contribution in [2.75, 3.05) is 20.0 Å². The number of ether oxygens (including phenoxy) is 4. The second-order valence-corrected chi connectivity index (χ2v) is 17.9. The van der Waals surface area contributed by atoms with Crippen LogP contribution in [0.25, 0.3) is 22.3 Å². The average molecular weight is 1070 g/mol. The molecule has 0 saturated heterocycles. The molecule has 6 rings (SSSR count). The van der Waals surface area contributed by atoms with Gasteiger partial charge in [-0.2, -0.15) is 10.2 Å². The highest BCUT2D eigenvalue weighted by molar-refractivity contribution is 6.31. The molecule has 0 aliphatic rings. The number of esters is 2. The number of aliphatic hydroxyl groups is 2. The molecule has 0 aliphatic heterocycles. The number of carbonyl (C=O) groups is 5. The maximum absolute atomic E-state index is 13.1. The summed E-state index contributed by atoms with van der Waals surface area (Å²) in [5.41, 5.74) is 5.79. The first-order valence-electron chi connectivity index (χ1n) is 23.7. The maximum atomic E-state index is 13.1. The zero-order chi connectivity index (χ0) is 54.4. The molecule has 0 fully saturated rings. The van der Waals surface area contributed by atoms with Gasteiger partial charge in [0.25, 0.3) is 11.8 Å². The molecule has 18 nitrogen and oxygen atoms in total. The predicted molar refractivity (Wildman–Crippen MR) is 282 cm³/mol. The number of benzene rings is 4. The zero-order valence-electron chi connectivity index (χ0n) is 41.7. The fourth-order valence-corrected chi connectivity index (χ4v) is 7.80. The third-order valence-electron chi connectivity index (χ3n) is 11.1. The second-order valence-electron chi connectivity index (χ2n) is 17.0. The molecule has 4 atom stereocenters. The Bertz CT molecular complexity index is 2890. The van der Waals surface area contributed by atoms with Gasteiger partial charge in [-0.25, -0.2) is 19.0 Å². The highest BCUT2D eigenvalue weighted by Gasteiger charge is 2.27. The van der Waals surface area contributed by atoms with E-state index in [-0.39, 0.29) is 43.9 Å². The first-order valence-corrected chi connectivity index (χ1v) is 24.5. The number of hydrogen-bond donors (Lipinski definition) is 5. The summed E-state index contributed by atoms with van der Waals surface area (Å²) >= 11 is 12.2. The molecule has 2 heterocycles. The van der Waals surface area contributed by atoms with Crippen molar-refractivity contribution in [3.05, 3.63) is 167 Å². The Morgan fingerprint density at radius 2 is 1.08 bits per heavy atom. The first kappa shape index (κ1) is 58.1. The highest BCUT2D eigenvalue weighted by Crippen LogP contribution is 2.26. The Morgan fingerprint density at radius 1 is 0.640 bits per heavy atom. The summed E-state index contributed by atoms with van der Waals surface area (Å²) in [6.45, 7) is 8.91. The Kier molecular flexibility index (Phi) is 22.6. The average Bonchev–Trinajstić information content (AvgIpc) is 3.96. The SMILES string of the molecule is C=CCOc1cc(C(=O)N[C@H](Cc2ccc(-c3cccc(Cl)c3)cc2)C[C@@H](O)C(=O)O)nn1C.C=CCOc1cc(C(=O)N[C@H](Cc2ccc(-c3cccc(Cl)c3)cc2)C[C@@H](O)C(=O)OCOC(=O)CCC)nn1C. The summed E-state index contributed by atoms with van der Waals surface area (Å²) in [5.74, 6) is -3.07. The van der Waals surface area contributed by atoms with Crippen LogP contribution >= 0.6 is 23.2 Å². The van der Waals surface area contributed by atoms with Gasteiger partial charge >= 0.3 is 17.9 Å². The van der Waals surface area contributed by atoms with Crippen molar-refractivity contribution in [3.8, 4) is 34.0 Å². The summed E-state index contributed by atoms with van der Waals surface area (Å²) in [6.07, 6.45) is 1.03. The smallest absolute Gasteiger partial charge is 0.337 e. The Balaban J connectivity index is 0.000000282. The molecule has 0 bridgehead atoms. The van der Waals surface area contributed by atoms with E-state index in [4.69, 9.17) is 47.3 Å². The van der Waals surface area contributed by atoms with Gasteiger partial charge in [-0.05, 0) is 76.9 Å². The standard InChI is InChI=1S/C30H34ClN3O7.C25H26ClN3O5/c1-4-7-28(36)40-19-41-30(38)26(35)17-24(32-29(37)25-18-27(34(3)33-25)39-14-5-2)15-20-10-12-21(13-11-20)22-8-6-9-23(31)16-22;1-3-11-34-23-15-21(28-29(23)2)24(31)27-20(14-22(30)25(32)33)12-16-7-9-17(10-8-16)18-5-4-6-19(26)13-18/h5-6,8-13,16,18,24,26,35H,2,4,7,14-15,17,19H2,1,3H3,(H,32,37);3-10,13,15,20,22,30H,1,11-12,14H2,2H3,(H,27,31)(H,32,33)/t24-,26-;20-,22-/m11/s1. The van der Waals surface area contributed by atoms with Crippen molar-refractivity contribution < 1.29 is 58.2 Å². The molecule has 0 radical (unpaired) electrons. The molecule has 4 aromatic carbocycles. The van der Waals surface area contributed by atoms with Crippen LogP contribution in [-0.2, 0) is 50.8 Å². The number of hydrogen-bond acceptors (Lipinski definition) is 13. The minimum Gasteiger partial charge on any atom is -0.479 e. The largest absolute Gasteiger partial charge is 0.479 e. The molecule has 2 aromatic heterocycles. The van der Waals surface area contributed by atoms with Gasteiger partial charge in [-0.3, -0.25) is 14.4 Å². The summed E-state index contributed by atoms with van der Waals surface area (Å²) in [5, 5.41) is 44.8. The molecule has 6 aromatic rings. The number of rotatable bonds is 26. The first-order chi connectivity index (χ1) is 36.0. The monoisotopic (exact) mass is 1070 g/mol. The minimum atomic E-state index is -1.62. The maximum Gasteiger partial charge on any atom is 0.337 e. The van der Waals surface area contributed by atoms with E-state index >= 15 is 0 Å². The van der Waals surface area contributed by atoms with Crippen molar-refractivity contribution in [1.29, 1.82) is 0 Å². The van der Waals surface area contributed by atoms with Crippen LogP contribution in [0.3, 0.4) is 0 Å². The fourth-order valence-electron chi connectivity index (χ4n) is 7.42. The van der Waals surface area contributed by atoms with E-state index in [1.54, 1.807) is 38.4 Å². The lowest BCUT2D eigenvalue weighted by Crippen LogP contribution is -2.41. The van der Waals surface area contributed by atoms with Crippen molar-refractivity contribution >= 4 is 52.9 Å². The van der Waals surface area contributed by atoms with E-state index < -0.39 is 60.8 Å². The number of amides is 2. The number of aliphatic carboxylic acids is 1. The van der Waals surface area contributed by atoms with Gasteiger partial charge in [0.05, 0.1) is 0 Å². The molecular formula is C55H60Cl2N6O12. The lowest BCUT2D eigenvalue weighted by Gasteiger charge is -2.21. The van der Waals surface area contributed by atoms with E-state index in [9.17, 15) is 34.2 Å². The normalized spacial score (nSPS) is 12.4. The molecule has 5 N–H and O–H groups in total. The van der Waals surface area contributed by atoms with Gasteiger partial charge in [-0.1, -0.05) is 128 Å². The Labute approximate surface area is 444 Å². The number of carboxylic acid groups (broad SMARTS) is 1. The van der Waals surface area contributed by atoms with Crippen molar-refractivity contribution in [3.63, 3.8) is 0 Å². The fraction of sp³-hybridized carbons (Fsp3) is 0.291. The van der Waals surface area contributed by atoms with Gasteiger partial charge in [0.15, 0.2) is 23.6 Å². The van der Waals surface area contributed by atoms with E-state index in [0.717, 1.165) is 33.4 Å². The predicted octanol–water partition coefficient (Wildman–Crippen LogP) is 7.72. The lowest BCUT2D eigenvalue weighted by molar-refractivity contribution is -0.173. The molecule has 20 heteroatoms. The summed E-state index contributed by atoms with van der Waals surface area (Å²) < 4.78 is 23.5. The molecule has 396 valence electrons. The van der Waals surface area contributed by atoms with Crippen LogP contribution in [0.5, 0.6) is 11.8 Å². The van der Waals surface area contributed by atoms with E-state index in [0.29, 0.717) is 41.1 Å². The number of carbonyl (C=O) groups excluding carboxylic acids is 4. The zero-order valence-corrected chi connectivity index (χ0v) is 43.2. The van der Waals surface area contributed by atoms with E-state index in [1.165, 1.54) is 21.5 Å². The number of aromatic nitrogens is 4. The number of nitrogens with zero attached hydrogens (tertiary/aromatic N) is 4. The van der Waals surface area contributed by atoms with Crippen LogP contribution in [0.1, 0.15) is 64.7 Å². The third-order valence-corrected chi connectivity index (χ3v) is 11.6. The van der Waals surface area contributed by atoms with Crippen LogP contribution in [0.15, 0.2) is 135 Å². The van der Waals surface area contributed by atoms with Crippen LogP contribution in [0.2, 0.25) is 10.0 Å². The van der Waals surface area contributed by atoms with Gasteiger partial charge in [0, 0.05) is 67.6 Å². The lowest BCUT2D eigenvalue weighted by atomic mass is 9.97. The number of nitrogens with one attached hydrogen (secondary N) is 2. The quantitative estimate of drug-likeness (QED) is 0.0199. The number of halogens is 2. The van der Waals surface area contributed by atoms with E-state index in [2.05, 4.69) is 34.0 Å². The number of carboxylic acids is 1. The third kappa shape index (κ3) is 18.6. The Morgan fingerprint density at radius 3 is 1.48 bits per heavy atom. The molecular weight excluding hydrogens is 1010 g/mol. The van der Waals surface area contributed by atoms with Crippen molar-refractivity contribution in [2.45, 2.75) is 69.7 Å². The van der Waals surface area contributed by atoms with Crippen LogP contribution in [0.4, 0.5) is 0 Å². The molecule has 0 unspecified atom stereocenters. The molecule has 0 aliphatic carbocycles. The van der Waals surface area contributed by atoms with Crippen LogP contribution in [0, 0.1) is 0 Å². The molecule has 75 heavy (non-hydrogen) atoms. The molecule has 0 saturated carbocycles. The van der Waals surface area contributed by atoms with Crippen LogP contribution in [-0.4, -0.2) is 109 Å². The van der Waals surface area contributed by atoms with Crippen molar-refractivity contribution in [1.82, 2.24) is 30.2 Å². The van der Waals surface area contributed by atoms with Gasteiger partial charge in [0.2, 0.25) is 18.6 Å². The number of aryl methyl sites for hydroxylation is 2. The minimum absolute atomic E-state index is 0.104. The van der Waals surface area contributed by atoms with Gasteiger partial charge < -0.3 is 44.9 Å².